The van der Waals surface area contributed by atoms with Gasteiger partial charge in [-0.1, -0.05) is 218 Å². The van der Waals surface area contributed by atoms with Crippen molar-refractivity contribution in [3.8, 4) is 67.0 Å². The highest BCUT2D eigenvalue weighted by Crippen LogP contribution is 2.48. The summed E-state index contributed by atoms with van der Waals surface area (Å²) in [5.41, 5.74) is 22.0. The summed E-state index contributed by atoms with van der Waals surface area (Å²) in [5, 5.41) is 4.94. The summed E-state index contributed by atoms with van der Waals surface area (Å²) in [5.74, 6) is 0. The van der Waals surface area contributed by atoms with Crippen LogP contribution in [0, 0.1) is 0 Å². The van der Waals surface area contributed by atoms with E-state index in [4.69, 9.17) is 0 Å². The lowest BCUT2D eigenvalue weighted by Crippen LogP contribution is -2.11. The fraction of sp³-hybridized carbons (Fsp3) is 0. The molecule has 0 saturated carbocycles. The maximum Gasteiger partial charge on any atom is 0.0547 e. The molecule has 2 aromatic heterocycles. The molecule has 14 rings (SSSR count). The van der Waals surface area contributed by atoms with Gasteiger partial charge < -0.3 is 14.0 Å². The average Bonchev–Trinajstić information content (AvgIpc) is 4.02. The Bertz CT molecular complexity index is 4400. The highest BCUT2D eigenvalue weighted by Gasteiger charge is 2.23. The highest BCUT2D eigenvalue weighted by atomic mass is 15.1. The van der Waals surface area contributed by atoms with Gasteiger partial charge in [0.15, 0.2) is 0 Å². The molecule has 0 spiro atoms. The fourth-order valence-corrected chi connectivity index (χ4v) is 11.7. The second-order valence-electron chi connectivity index (χ2n) is 19.2. The van der Waals surface area contributed by atoms with Crippen molar-refractivity contribution in [2.75, 3.05) is 4.90 Å². The molecule has 2 heterocycles. The van der Waals surface area contributed by atoms with Crippen LogP contribution >= 0.6 is 0 Å². The van der Waals surface area contributed by atoms with Gasteiger partial charge in [-0.2, -0.15) is 0 Å². The second kappa shape index (κ2) is 18.6. The Morgan fingerprint density at radius 2 is 0.613 bits per heavy atom. The minimum absolute atomic E-state index is 1.06. The summed E-state index contributed by atoms with van der Waals surface area (Å²) < 4.78 is 4.79. The van der Waals surface area contributed by atoms with E-state index in [2.05, 4.69) is 311 Å². The lowest BCUT2D eigenvalue weighted by molar-refractivity contribution is 1.18. The third kappa shape index (κ3) is 7.52. The van der Waals surface area contributed by atoms with E-state index in [1.807, 2.05) is 0 Å². The van der Waals surface area contributed by atoms with Crippen molar-refractivity contribution in [2.24, 2.45) is 0 Å². The standard InChI is InChI=1S/C72H49N3/c1-4-23-50(24-5-1)57-31-10-11-32-60(57)61-33-12-13-34-62(61)63-35-14-17-40-66(63)73(55-47-45-51(46-48-55)58-38-21-43-69-71(58)64-36-15-18-41-67(64)74(69)53-26-6-2-7-27-53)56-30-20-25-52(49-56)59-39-22-44-70-72(59)65-37-16-19-42-68(65)75(70)54-28-8-3-9-29-54/h1-49H. The maximum atomic E-state index is 2.46. The third-order valence-electron chi connectivity index (χ3n) is 14.9. The fourth-order valence-electron chi connectivity index (χ4n) is 11.7. The van der Waals surface area contributed by atoms with E-state index in [0.29, 0.717) is 0 Å². The van der Waals surface area contributed by atoms with Gasteiger partial charge >= 0.3 is 0 Å². The molecule has 0 amide bonds. The number of para-hydroxylation sites is 5. The topological polar surface area (TPSA) is 13.1 Å². The number of benzene rings is 12. The summed E-state index contributed by atoms with van der Waals surface area (Å²) in [7, 11) is 0. The van der Waals surface area contributed by atoms with E-state index < -0.39 is 0 Å². The molecular weight excluding hydrogens is 907 g/mol. The van der Waals surface area contributed by atoms with Crippen LogP contribution in [0.4, 0.5) is 17.1 Å². The van der Waals surface area contributed by atoms with Crippen molar-refractivity contribution < 1.29 is 0 Å². The number of hydrogen-bond acceptors (Lipinski definition) is 1. The lowest BCUT2D eigenvalue weighted by Gasteiger charge is -2.29. The molecule has 0 aliphatic heterocycles. The first-order chi connectivity index (χ1) is 37.3. The van der Waals surface area contributed by atoms with E-state index in [-0.39, 0.29) is 0 Å². The maximum absolute atomic E-state index is 2.46. The first kappa shape index (κ1) is 43.8. The SMILES string of the molecule is c1ccc(-c2ccccc2-c2ccccc2-c2ccccc2N(c2ccc(-c3cccc4c3c3ccccc3n4-c3ccccc3)cc2)c2cccc(-c3cccc4c3c3ccccc3n4-c3ccccc3)c2)cc1. The molecule has 0 fully saturated rings. The van der Waals surface area contributed by atoms with E-state index in [0.717, 1.165) is 50.7 Å². The second-order valence-corrected chi connectivity index (χ2v) is 19.2. The van der Waals surface area contributed by atoms with E-state index in [1.54, 1.807) is 0 Å². The van der Waals surface area contributed by atoms with Crippen LogP contribution in [0.5, 0.6) is 0 Å². The van der Waals surface area contributed by atoms with Crippen molar-refractivity contribution in [1.82, 2.24) is 9.13 Å². The molecule has 0 aliphatic carbocycles. The Labute approximate surface area is 436 Å². The molecule has 0 N–H and O–H groups in total. The van der Waals surface area contributed by atoms with E-state index in [9.17, 15) is 0 Å². The van der Waals surface area contributed by atoms with Crippen LogP contribution in [0.3, 0.4) is 0 Å². The summed E-state index contributed by atoms with van der Waals surface area (Å²) >= 11 is 0. The number of nitrogens with zero attached hydrogens (tertiary/aromatic N) is 3. The van der Waals surface area contributed by atoms with Crippen LogP contribution in [0.15, 0.2) is 297 Å². The largest absolute Gasteiger partial charge is 0.310 e. The van der Waals surface area contributed by atoms with Crippen LogP contribution < -0.4 is 4.90 Å². The number of hydrogen-bond donors (Lipinski definition) is 0. The van der Waals surface area contributed by atoms with Gasteiger partial charge in [0.25, 0.3) is 0 Å². The molecule has 0 atom stereocenters. The smallest absolute Gasteiger partial charge is 0.0547 e. The summed E-state index contributed by atoms with van der Waals surface area (Å²) in [6.07, 6.45) is 0. The van der Waals surface area contributed by atoms with Crippen molar-refractivity contribution in [3.05, 3.63) is 297 Å². The van der Waals surface area contributed by atoms with Gasteiger partial charge in [0.1, 0.15) is 0 Å². The average molecular weight is 956 g/mol. The minimum atomic E-state index is 1.06. The first-order valence-electron chi connectivity index (χ1n) is 25.8. The van der Waals surface area contributed by atoms with Crippen LogP contribution in [-0.4, -0.2) is 9.13 Å². The molecule has 0 aliphatic rings. The van der Waals surface area contributed by atoms with Crippen molar-refractivity contribution in [2.45, 2.75) is 0 Å². The van der Waals surface area contributed by atoms with Crippen LogP contribution in [0.25, 0.3) is 111 Å². The van der Waals surface area contributed by atoms with Gasteiger partial charge in [-0.15, -0.1) is 0 Å². The summed E-state index contributed by atoms with van der Waals surface area (Å²) in [4.78, 5) is 2.46. The van der Waals surface area contributed by atoms with Crippen LogP contribution in [-0.2, 0) is 0 Å². The number of aromatic nitrogens is 2. The molecule has 14 aromatic rings. The zero-order valence-corrected chi connectivity index (χ0v) is 41.1. The zero-order valence-electron chi connectivity index (χ0n) is 41.1. The molecule has 3 nitrogen and oxygen atoms in total. The monoisotopic (exact) mass is 955 g/mol. The third-order valence-corrected chi connectivity index (χ3v) is 14.9. The number of rotatable bonds is 10. The van der Waals surface area contributed by atoms with Crippen molar-refractivity contribution >= 4 is 60.7 Å². The number of fused-ring (bicyclic) bond motifs is 6. The Balaban J connectivity index is 0.964. The van der Waals surface area contributed by atoms with E-state index in [1.165, 1.54) is 77.0 Å². The molecule has 75 heavy (non-hydrogen) atoms. The highest BCUT2D eigenvalue weighted by molar-refractivity contribution is 6.17. The first-order valence-corrected chi connectivity index (χ1v) is 25.8. The van der Waals surface area contributed by atoms with Gasteiger partial charge in [-0.25, -0.2) is 0 Å². The molecule has 12 aromatic carbocycles. The van der Waals surface area contributed by atoms with Crippen molar-refractivity contribution in [3.63, 3.8) is 0 Å². The van der Waals surface area contributed by atoms with E-state index >= 15 is 0 Å². The number of anilines is 3. The Morgan fingerprint density at radius 3 is 1.20 bits per heavy atom. The van der Waals surface area contributed by atoms with Gasteiger partial charge in [0.2, 0.25) is 0 Å². The Hall–Kier alpha value is -9.96. The summed E-state index contributed by atoms with van der Waals surface area (Å²) in [6.45, 7) is 0. The van der Waals surface area contributed by atoms with Gasteiger partial charge in [-0.3, -0.25) is 0 Å². The molecule has 352 valence electrons. The molecule has 0 radical (unpaired) electrons. The Morgan fingerprint density at radius 1 is 0.227 bits per heavy atom. The van der Waals surface area contributed by atoms with Gasteiger partial charge in [0.05, 0.1) is 27.8 Å². The predicted molar refractivity (Wildman–Crippen MR) is 317 cm³/mol. The lowest BCUT2D eigenvalue weighted by atomic mass is 9.88. The van der Waals surface area contributed by atoms with Crippen LogP contribution in [0.2, 0.25) is 0 Å². The molecule has 3 heteroatoms. The molecule has 0 bridgehead atoms. The minimum Gasteiger partial charge on any atom is -0.310 e. The van der Waals surface area contributed by atoms with Crippen LogP contribution in [0.1, 0.15) is 0 Å². The molecular formula is C72H49N3. The van der Waals surface area contributed by atoms with Gasteiger partial charge in [-0.05, 0) is 129 Å². The molecule has 0 saturated heterocycles. The Kier molecular flexibility index (Phi) is 10.8. The van der Waals surface area contributed by atoms with Gasteiger partial charge in [0, 0.05) is 49.9 Å². The quantitative estimate of drug-likeness (QED) is 0.133. The molecule has 0 unspecified atom stereocenters. The van der Waals surface area contributed by atoms with Crippen molar-refractivity contribution in [1.29, 1.82) is 0 Å². The normalized spacial score (nSPS) is 11.5. The predicted octanol–water partition coefficient (Wildman–Crippen LogP) is 19.7. The summed E-state index contributed by atoms with van der Waals surface area (Å²) in [6, 6.07) is 108. The zero-order chi connectivity index (χ0) is 49.7.